The summed E-state index contributed by atoms with van der Waals surface area (Å²) in [6.07, 6.45) is 1.43. The van der Waals surface area contributed by atoms with Crippen LogP contribution >= 0.6 is 11.6 Å². The first-order valence-electron chi connectivity index (χ1n) is 4.28. The molecule has 1 aliphatic rings. The molecule has 1 amide bonds. The highest BCUT2D eigenvalue weighted by molar-refractivity contribution is 6.17. The van der Waals surface area contributed by atoms with E-state index in [1.807, 2.05) is 24.3 Å². The predicted octanol–water partition coefficient (Wildman–Crippen LogP) is 1.62. The van der Waals surface area contributed by atoms with Crippen LogP contribution in [-0.4, -0.2) is 12.2 Å². The van der Waals surface area contributed by atoms with Crippen molar-refractivity contribution < 1.29 is 4.79 Å². The van der Waals surface area contributed by atoms with Crippen LogP contribution in [0.25, 0.3) is 0 Å². The smallest absolute Gasteiger partial charge is 0.254 e. The molecule has 1 atom stereocenters. The maximum Gasteiger partial charge on any atom is 0.254 e. The minimum Gasteiger partial charge on any atom is -0.315 e. The van der Waals surface area contributed by atoms with Crippen LogP contribution in [0, 0.1) is 0 Å². The third kappa shape index (κ3) is 1.51. The van der Waals surface area contributed by atoms with Gasteiger partial charge in [-0.2, -0.15) is 0 Å². The summed E-state index contributed by atoms with van der Waals surface area (Å²) in [7, 11) is 0. The normalized spacial score (nSPS) is 19.8. The molecule has 0 fully saturated rings. The zero-order chi connectivity index (χ0) is 9.97. The number of rotatable bonds is 2. The first-order valence-corrected chi connectivity index (χ1v) is 4.82. The second-order valence-electron chi connectivity index (χ2n) is 3.02. The average Bonchev–Trinajstić information content (AvgIpc) is 2.64. The van der Waals surface area contributed by atoms with E-state index in [-0.39, 0.29) is 5.91 Å². The first-order chi connectivity index (χ1) is 6.83. The fourth-order valence-corrected chi connectivity index (χ4v) is 1.71. The summed E-state index contributed by atoms with van der Waals surface area (Å²) >= 11 is 5.77. The number of halogens is 1. The van der Waals surface area contributed by atoms with Gasteiger partial charge in [-0.3, -0.25) is 9.79 Å². The lowest BCUT2D eigenvalue weighted by Crippen LogP contribution is -2.20. The van der Waals surface area contributed by atoms with Crippen LogP contribution < -0.4 is 5.32 Å². The van der Waals surface area contributed by atoms with Crippen LogP contribution in [-0.2, 0) is 10.7 Å². The van der Waals surface area contributed by atoms with Crippen molar-refractivity contribution in [1.29, 1.82) is 0 Å². The summed E-state index contributed by atoms with van der Waals surface area (Å²) < 4.78 is 0. The van der Waals surface area contributed by atoms with Gasteiger partial charge in [-0.25, -0.2) is 0 Å². The van der Waals surface area contributed by atoms with Crippen molar-refractivity contribution in [2.45, 2.75) is 11.9 Å². The van der Waals surface area contributed by atoms with E-state index in [1.54, 1.807) is 0 Å². The Morgan fingerprint density at radius 3 is 2.86 bits per heavy atom. The Labute approximate surface area is 86.8 Å². The number of hydrogen-bond donors (Lipinski definition) is 1. The molecule has 0 aromatic heterocycles. The summed E-state index contributed by atoms with van der Waals surface area (Å²) in [5.41, 5.74) is 1.84. The SMILES string of the molecule is O=C1NC=NC1c1ccccc1CCl. The van der Waals surface area contributed by atoms with Gasteiger partial charge in [0.25, 0.3) is 5.91 Å². The van der Waals surface area contributed by atoms with Gasteiger partial charge in [0.2, 0.25) is 0 Å². The average molecular weight is 209 g/mol. The Morgan fingerprint density at radius 1 is 1.43 bits per heavy atom. The minimum absolute atomic E-state index is 0.0948. The lowest BCUT2D eigenvalue weighted by molar-refractivity contribution is -0.120. The van der Waals surface area contributed by atoms with Crippen LogP contribution in [0.15, 0.2) is 29.3 Å². The molecule has 4 heteroatoms. The van der Waals surface area contributed by atoms with Crippen molar-refractivity contribution in [2.75, 3.05) is 0 Å². The molecule has 0 bridgehead atoms. The maximum absolute atomic E-state index is 11.4. The molecule has 0 spiro atoms. The number of aliphatic imine (C=N–C) groups is 1. The van der Waals surface area contributed by atoms with E-state index in [2.05, 4.69) is 10.3 Å². The van der Waals surface area contributed by atoms with E-state index in [4.69, 9.17) is 11.6 Å². The Kier molecular flexibility index (Phi) is 2.50. The van der Waals surface area contributed by atoms with E-state index in [9.17, 15) is 4.79 Å². The summed E-state index contributed by atoms with van der Waals surface area (Å²) in [6, 6.07) is 7.14. The number of carbonyl (C=O) groups excluding carboxylic acids is 1. The highest BCUT2D eigenvalue weighted by atomic mass is 35.5. The van der Waals surface area contributed by atoms with Crippen molar-refractivity contribution >= 4 is 23.8 Å². The highest BCUT2D eigenvalue weighted by Crippen LogP contribution is 2.24. The molecule has 3 nitrogen and oxygen atoms in total. The third-order valence-electron chi connectivity index (χ3n) is 2.17. The lowest BCUT2D eigenvalue weighted by Gasteiger charge is -2.09. The standard InChI is InChI=1S/C10H9ClN2O/c11-5-7-3-1-2-4-8(7)9-10(14)13-6-12-9/h1-4,6,9H,5H2,(H,12,13,14). The van der Waals surface area contributed by atoms with Gasteiger partial charge in [0.05, 0.1) is 6.34 Å². The quantitative estimate of drug-likeness (QED) is 0.738. The summed E-state index contributed by atoms with van der Waals surface area (Å²) in [5.74, 6) is 0.303. The van der Waals surface area contributed by atoms with Gasteiger partial charge in [0.1, 0.15) is 0 Å². The number of alkyl halides is 1. The van der Waals surface area contributed by atoms with E-state index >= 15 is 0 Å². The number of amides is 1. The molecule has 1 heterocycles. The largest absolute Gasteiger partial charge is 0.315 e. The molecule has 72 valence electrons. The Hall–Kier alpha value is -1.35. The number of benzene rings is 1. The van der Waals surface area contributed by atoms with E-state index < -0.39 is 6.04 Å². The number of nitrogens with one attached hydrogen (secondary N) is 1. The zero-order valence-electron chi connectivity index (χ0n) is 7.40. The second kappa shape index (κ2) is 3.80. The van der Waals surface area contributed by atoms with E-state index in [0.29, 0.717) is 5.88 Å². The van der Waals surface area contributed by atoms with Crippen molar-refractivity contribution in [3.63, 3.8) is 0 Å². The molecular weight excluding hydrogens is 200 g/mol. The van der Waals surface area contributed by atoms with Gasteiger partial charge in [-0.1, -0.05) is 24.3 Å². The number of hydrogen-bond acceptors (Lipinski definition) is 2. The molecule has 1 aromatic rings. The predicted molar refractivity (Wildman–Crippen MR) is 55.4 cm³/mol. The first kappa shape index (κ1) is 9.21. The van der Waals surface area contributed by atoms with Crippen molar-refractivity contribution in [3.8, 4) is 0 Å². The van der Waals surface area contributed by atoms with Gasteiger partial charge in [0, 0.05) is 5.88 Å². The molecule has 0 saturated heterocycles. The topological polar surface area (TPSA) is 41.5 Å². The second-order valence-corrected chi connectivity index (χ2v) is 3.29. The molecule has 0 saturated carbocycles. The maximum atomic E-state index is 11.4. The van der Waals surface area contributed by atoms with Crippen LogP contribution in [0.5, 0.6) is 0 Å². The van der Waals surface area contributed by atoms with Crippen LogP contribution in [0.4, 0.5) is 0 Å². The van der Waals surface area contributed by atoms with Crippen LogP contribution in [0.1, 0.15) is 17.2 Å². The molecule has 14 heavy (non-hydrogen) atoms. The van der Waals surface area contributed by atoms with Gasteiger partial charge in [-0.05, 0) is 11.1 Å². The molecule has 1 N–H and O–H groups in total. The van der Waals surface area contributed by atoms with Gasteiger partial charge >= 0.3 is 0 Å². The molecule has 1 unspecified atom stereocenters. The Bertz CT molecular complexity index is 389. The number of nitrogens with zero attached hydrogens (tertiary/aromatic N) is 1. The van der Waals surface area contributed by atoms with Gasteiger partial charge < -0.3 is 5.32 Å². The van der Waals surface area contributed by atoms with Gasteiger partial charge in [0.15, 0.2) is 6.04 Å². The monoisotopic (exact) mass is 208 g/mol. The van der Waals surface area contributed by atoms with Crippen molar-refractivity contribution in [1.82, 2.24) is 5.32 Å². The van der Waals surface area contributed by atoms with Crippen LogP contribution in [0.3, 0.4) is 0 Å². The van der Waals surface area contributed by atoms with Crippen molar-refractivity contribution in [2.24, 2.45) is 4.99 Å². The minimum atomic E-state index is -0.426. The summed E-state index contributed by atoms with van der Waals surface area (Å²) in [6.45, 7) is 0. The summed E-state index contributed by atoms with van der Waals surface area (Å²) in [4.78, 5) is 15.4. The number of carbonyl (C=O) groups is 1. The molecule has 2 rings (SSSR count). The van der Waals surface area contributed by atoms with E-state index in [0.717, 1.165) is 11.1 Å². The summed E-state index contributed by atoms with van der Waals surface area (Å²) in [5, 5.41) is 2.55. The Balaban J connectivity index is 2.40. The fraction of sp³-hybridized carbons (Fsp3) is 0.200. The Morgan fingerprint density at radius 2 is 2.21 bits per heavy atom. The van der Waals surface area contributed by atoms with E-state index in [1.165, 1.54) is 6.34 Å². The fourth-order valence-electron chi connectivity index (χ4n) is 1.47. The molecule has 0 radical (unpaired) electrons. The van der Waals surface area contributed by atoms with Crippen molar-refractivity contribution in [3.05, 3.63) is 35.4 Å². The van der Waals surface area contributed by atoms with Crippen LogP contribution in [0.2, 0.25) is 0 Å². The highest BCUT2D eigenvalue weighted by Gasteiger charge is 2.24. The molecule has 0 aliphatic carbocycles. The molecular formula is C10H9ClN2O. The molecule has 1 aliphatic heterocycles. The third-order valence-corrected chi connectivity index (χ3v) is 2.46. The zero-order valence-corrected chi connectivity index (χ0v) is 8.16. The van der Waals surface area contributed by atoms with Gasteiger partial charge in [-0.15, -0.1) is 11.6 Å². The molecule has 1 aromatic carbocycles. The lowest BCUT2D eigenvalue weighted by atomic mass is 10.0.